The third kappa shape index (κ3) is 3.59. The van der Waals surface area contributed by atoms with Gasteiger partial charge < -0.3 is 5.11 Å². The Morgan fingerprint density at radius 2 is 1.89 bits per heavy atom. The minimum absolute atomic E-state index is 0.166. The van der Waals surface area contributed by atoms with Gasteiger partial charge >= 0.3 is 5.97 Å². The smallest absolute Gasteiger partial charge is 0.304 e. The van der Waals surface area contributed by atoms with E-state index in [9.17, 15) is 4.79 Å². The largest absolute Gasteiger partial charge is 0.481 e. The molecule has 0 fully saturated rings. The molecule has 0 radical (unpaired) electrons. The maximum Gasteiger partial charge on any atom is 0.304 e. The molecule has 1 rings (SSSR count). The molecule has 0 aliphatic carbocycles. The van der Waals surface area contributed by atoms with Gasteiger partial charge in [-0.1, -0.05) is 52.0 Å². The summed E-state index contributed by atoms with van der Waals surface area (Å²) in [4.78, 5) is 10.9. The normalized spacial score (nSPS) is 11.8. The second-order valence-corrected chi connectivity index (χ2v) is 5.59. The molecular weight excluding hydrogens is 224 g/mol. The summed E-state index contributed by atoms with van der Waals surface area (Å²) in [7, 11) is 0. The molecule has 100 valence electrons. The standard InChI is InChI=1S/C16H24O2/c1-5-12(6-2)13-8-7-9-14(10-13)16(3,4)11-15(17)18/h7-10,12H,5-6,11H2,1-4H3,(H,17,18). The lowest BCUT2D eigenvalue weighted by Crippen LogP contribution is -2.21. The van der Waals surface area contributed by atoms with Crippen molar-refractivity contribution >= 4 is 5.97 Å². The van der Waals surface area contributed by atoms with Gasteiger partial charge in [-0.15, -0.1) is 0 Å². The zero-order valence-corrected chi connectivity index (χ0v) is 11.9. The van der Waals surface area contributed by atoms with Crippen molar-refractivity contribution in [2.45, 2.75) is 58.3 Å². The average Bonchev–Trinajstić information content (AvgIpc) is 2.29. The molecule has 1 N–H and O–H groups in total. The molecule has 0 unspecified atom stereocenters. The van der Waals surface area contributed by atoms with E-state index in [4.69, 9.17) is 5.11 Å². The first kappa shape index (κ1) is 14.7. The van der Waals surface area contributed by atoms with Crippen molar-refractivity contribution in [2.24, 2.45) is 0 Å². The van der Waals surface area contributed by atoms with Crippen LogP contribution in [0.4, 0.5) is 0 Å². The zero-order chi connectivity index (χ0) is 13.8. The zero-order valence-electron chi connectivity index (χ0n) is 11.9. The third-order valence-electron chi connectivity index (χ3n) is 3.72. The molecule has 0 aliphatic heterocycles. The van der Waals surface area contributed by atoms with Crippen LogP contribution in [-0.2, 0) is 10.2 Å². The summed E-state index contributed by atoms with van der Waals surface area (Å²) >= 11 is 0. The second kappa shape index (κ2) is 6.03. The van der Waals surface area contributed by atoms with Crippen LogP contribution in [-0.4, -0.2) is 11.1 Å². The number of carbonyl (C=O) groups is 1. The van der Waals surface area contributed by atoms with Gasteiger partial charge in [0.25, 0.3) is 0 Å². The van der Waals surface area contributed by atoms with Crippen molar-refractivity contribution in [2.75, 3.05) is 0 Å². The summed E-state index contributed by atoms with van der Waals surface area (Å²) in [6, 6.07) is 8.42. The van der Waals surface area contributed by atoms with Gasteiger partial charge in [0.15, 0.2) is 0 Å². The summed E-state index contributed by atoms with van der Waals surface area (Å²) in [5.74, 6) is -0.168. The SMILES string of the molecule is CCC(CC)c1cccc(C(C)(C)CC(=O)O)c1. The first-order valence-corrected chi connectivity index (χ1v) is 6.73. The molecule has 0 saturated carbocycles. The van der Waals surface area contributed by atoms with E-state index >= 15 is 0 Å². The van der Waals surface area contributed by atoms with Gasteiger partial charge in [-0.2, -0.15) is 0 Å². The van der Waals surface area contributed by atoms with Gasteiger partial charge in [0.2, 0.25) is 0 Å². The fourth-order valence-corrected chi connectivity index (χ4v) is 2.45. The van der Waals surface area contributed by atoms with E-state index in [1.165, 1.54) is 5.56 Å². The molecule has 0 amide bonds. The number of carboxylic acids is 1. The number of hydrogen-bond acceptors (Lipinski definition) is 1. The Hall–Kier alpha value is -1.31. The highest BCUT2D eigenvalue weighted by Gasteiger charge is 2.24. The predicted octanol–water partition coefficient (Wildman–Crippen LogP) is 4.34. The van der Waals surface area contributed by atoms with Gasteiger partial charge in [-0.3, -0.25) is 4.79 Å². The van der Waals surface area contributed by atoms with Crippen LogP contribution >= 0.6 is 0 Å². The Bertz CT molecular complexity index is 403. The molecule has 0 heterocycles. The Kier molecular flexibility index (Phi) is 4.94. The highest BCUT2D eigenvalue weighted by molar-refractivity contribution is 5.68. The lowest BCUT2D eigenvalue weighted by molar-refractivity contribution is -0.138. The van der Waals surface area contributed by atoms with Crippen molar-refractivity contribution in [1.82, 2.24) is 0 Å². The molecule has 2 nitrogen and oxygen atoms in total. The molecule has 1 aromatic rings. The van der Waals surface area contributed by atoms with Crippen LogP contribution in [0.25, 0.3) is 0 Å². The van der Waals surface area contributed by atoms with Gasteiger partial charge in [0.1, 0.15) is 0 Å². The van der Waals surface area contributed by atoms with Gasteiger partial charge in [0, 0.05) is 5.41 Å². The van der Waals surface area contributed by atoms with Crippen LogP contribution in [0.3, 0.4) is 0 Å². The Labute approximate surface area is 110 Å². The van der Waals surface area contributed by atoms with Gasteiger partial charge in [-0.05, 0) is 29.9 Å². The number of rotatable bonds is 6. The summed E-state index contributed by atoms with van der Waals surface area (Å²) in [6.07, 6.45) is 2.41. The quantitative estimate of drug-likeness (QED) is 0.813. The lowest BCUT2D eigenvalue weighted by atomic mass is 9.79. The minimum Gasteiger partial charge on any atom is -0.481 e. The topological polar surface area (TPSA) is 37.3 Å². The summed E-state index contributed by atoms with van der Waals surface area (Å²) in [6.45, 7) is 8.38. The number of aliphatic carboxylic acids is 1. The van der Waals surface area contributed by atoms with E-state index in [1.807, 2.05) is 26.0 Å². The minimum atomic E-state index is -0.743. The van der Waals surface area contributed by atoms with E-state index in [0.717, 1.165) is 18.4 Å². The summed E-state index contributed by atoms with van der Waals surface area (Å²) in [5, 5.41) is 8.98. The highest BCUT2D eigenvalue weighted by Crippen LogP contribution is 2.31. The van der Waals surface area contributed by atoms with Crippen molar-refractivity contribution in [1.29, 1.82) is 0 Å². The second-order valence-electron chi connectivity index (χ2n) is 5.59. The summed E-state index contributed by atoms with van der Waals surface area (Å²) in [5.41, 5.74) is 2.14. The molecule has 2 heteroatoms. The van der Waals surface area contributed by atoms with Crippen LogP contribution in [0.1, 0.15) is 64.0 Å². The van der Waals surface area contributed by atoms with Crippen molar-refractivity contribution in [3.63, 3.8) is 0 Å². The fraction of sp³-hybridized carbons (Fsp3) is 0.562. The van der Waals surface area contributed by atoms with E-state index in [-0.39, 0.29) is 11.8 Å². The molecular formula is C16H24O2. The first-order valence-electron chi connectivity index (χ1n) is 6.73. The number of benzene rings is 1. The number of hydrogen-bond donors (Lipinski definition) is 1. The third-order valence-corrected chi connectivity index (χ3v) is 3.72. The fourth-order valence-electron chi connectivity index (χ4n) is 2.45. The average molecular weight is 248 g/mol. The van der Waals surface area contributed by atoms with E-state index < -0.39 is 5.97 Å². The highest BCUT2D eigenvalue weighted by atomic mass is 16.4. The van der Waals surface area contributed by atoms with E-state index in [1.54, 1.807) is 0 Å². The van der Waals surface area contributed by atoms with Crippen molar-refractivity contribution in [3.8, 4) is 0 Å². The lowest BCUT2D eigenvalue weighted by Gasteiger charge is -2.25. The molecule has 0 bridgehead atoms. The first-order chi connectivity index (χ1) is 8.40. The van der Waals surface area contributed by atoms with Crippen molar-refractivity contribution < 1.29 is 9.90 Å². The molecule has 0 aliphatic rings. The molecule has 18 heavy (non-hydrogen) atoms. The van der Waals surface area contributed by atoms with E-state index in [2.05, 4.69) is 26.0 Å². The molecule has 0 spiro atoms. The monoisotopic (exact) mass is 248 g/mol. The molecule has 1 aromatic carbocycles. The Balaban J connectivity index is 3.04. The van der Waals surface area contributed by atoms with Crippen LogP contribution in [0.5, 0.6) is 0 Å². The van der Waals surface area contributed by atoms with Crippen LogP contribution < -0.4 is 0 Å². The van der Waals surface area contributed by atoms with Crippen LogP contribution in [0.15, 0.2) is 24.3 Å². The van der Waals surface area contributed by atoms with E-state index in [0.29, 0.717) is 5.92 Å². The summed E-state index contributed by atoms with van der Waals surface area (Å²) < 4.78 is 0. The maximum absolute atomic E-state index is 10.9. The van der Waals surface area contributed by atoms with Gasteiger partial charge in [0.05, 0.1) is 6.42 Å². The Morgan fingerprint density at radius 1 is 1.28 bits per heavy atom. The maximum atomic E-state index is 10.9. The molecule has 0 saturated heterocycles. The molecule has 0 aromatic heterocycles. The van der Waals surface area contributed by atoms with Crippen LogP contribution in [0, 0.1) is 0 Å². The van der Waals surface area contributed by atoms with Crippen molar-refractivity contribution in [3.05, 3.63) is 35.4 Å². The van der Waals surface area contributed by atoms with Gasteiger partial charge in [-0.25, -0.2) is 0 Å². The predicted molar refractivity (Wildman–Crippen MR) is 75.0 cm³/mol. The molecule has 0 atom stereocenters. The number of carboxylic acid groups (broad SMARTS) is 1. The van der Waals surface area contributed by atoms with Crippen LogP contribution in [0.2, 0.25) is 0 Å². The Morgan fingerprint density at radius 3 is 2.39 bits per heavy atom.